The first kappa shape index (κ1) is 14.6. The fraction of sp³-hybridized carbons (Fsp3) is 0.214. The molecule has 1 aromatic heterocycles. The summed E-state index contributed by atoms with van der Waals surface area (Å²) in [6, 6.07) is 3.43. The Bertz CT molecular complexity index is 630. The van der Waals surface area contributed by atoms with E-state index in [1.165, 1.54) is 33.7 Å². The molecule has 0 amide bonds. The summed E-state index contributed by atoms with van der Waals surface area (Å²) in [4.78, 5) is 18.7. The van der Waals surface area contributed by atoms with Crippen molar-refractivity contribution in [3.8, 4) is 28.5 Å². The number of ether oxygens (including phenoxy) is 3. The van der Waals surface area contributed by atoms with E-state index in [9.17, 15) is 4.79 Å². The second-order valence-corrected chi connectivity index (χ2v) is 4.01. The Morgan fingerprint density at radius 2 is 1.62 bits per heavy atom. The van der Waals surface area contributed by atoms with Gasteiger partial charge in [-0.15, -0.1) is 0 Å². The van der Waals surface area contributed by atoms with Gasteiger partial charge in [-0.3, -0.25) is 4.98 Å². The Kier molecular flexibility index (Phi) is 4.22. The second-order valence-electron chi connectivity index (χ2n) is 4.01. The van der Waals surface area contributed by atoms with Crippen molar-refractivity contribution in [2.24, 2.45) is 0 Å². The molecule has 110 valence electrons. The van der Waals surface area contributed by atoms with Gasteiger partial charge in [0.25, 0.3) is 0 Å². The lowest BCUT2D eigenvalue weighted by Crippen LogP contribution is -2.01. The molecule has 2 rings (SSSR count). The quantitative estimate of drug-likeness (QED) is 0.898. The standard InChI is InChI=1S/C14H14N2O5/c1-19-11-4-8(5-12(20-2)13(11)21-3)9-6-16-10(7-15-9)14(17)18/h4-7H,1-3H3,(H,17,18). The highest BCUT2D eigenvalue weighted by Gasteiger charge is 2.15. The van der Waals surface area contributed by atoms with Crippen molar-refractivity contribution in [2.75, 3.05) is 21.3 Å². The van der Waals surface area contributed by atoms with Crippen LogP contribution in [0.4, 0.5) is 0 Å². The van der Waals surface area contributed by atoms with Gasteiger partial charge in [0.15, 0.2) is 17.2 Å². The average Bonchev–Trinajstić information content (AvgIpc) is 2.53. The van der Waals surface area contributed by atoms with E-state index < -0.39 is 5.97 Å². The van der Waals surface area contributed by atoms with Gasteiger partial charge in [0.2, 0.25) is 5.75 Å². The third-order valence-electron chi connectivity index (χ3n) is 2.83. The summed E-state index contributed by atoms with van der Waals surface area (Å²) in [5.41, 5.74) is 1.05. The molecule has 0 unspecified atom stereocenters. The van der Waals surface area contributed by atoms with Crippen molar-refractivity contribution in [3.05, 3.63) is 30.2 Å². The summed E-state index contributed by atoms with van der Waals surface area (Å²) in [7, 11) is 4.54. The second kappa shape index (κ2) is 6.08. The molecular formula is C14H14N2O5. The molecule has 1 heterocycles. The summed E-state index contributed by atoms with van der Waals surface area (Å²) >= 11 is 0. The largest absolute Gasteiger partial charge is 0.493 e. The van der Waals surface area contributed by atoms with Crippen molar-refractivity contribution >= 4 is 5.97 Å². The summed E-state index contributed by atoms with van der Waals surface area (Å²) in [5, 5.41) is 8.82. The topological polar surface area (TPSA) is 90.8 Å². The van der Waals surface area contributed by atoms with Gasteiger partial charge >= 0.3 is 5.97 Å². The molecule has 21 heavy (non-hydrogen) atoms. The minimum atomic E-state index is -1.13. The molecule has 0 spiro atoms. The summed E-state index contributed by atoms with van der Waals surface area (Å²) in [6.07, 6.45) is 2.57. The molecule has 0 aliphatic carbocycles. The SMILES string of the molecule is COc1cc(-c2cnc(C(=O)O)cn2)cc(OC)c1OC. The first-order valence-corrected chi connectivity index (χ1v) is 5.96. The van der Waals surface area contributed by atoms with Crippen molar-refractivity contribution in [2.45, 2.75) is 0 Å². The molecule has 0 saturated heterocycles. The molecule has 1 aromatic carbocycles. The number of carbonyl (C=O) groups is 1. The van der Waals surface area contributed by atoms with Gasteiger partial charge in [0.05, 0.1) is 39.4 Å². The first-order valence-electron chi connectivity index (χ1n) is 5.96. The van der Waals surface area contributed by atoms with Crippen LogP contribution in [0.1, 0.15) is 10.5 Å². The molecular weight excluding hydrogens is 276 g/mol. The molecule has 2 aromatic rings. The van der Waals surface area contributed by atoms with Crippen molar-refractivity contribution in [1.82, 2.24) is 9.97 Å². The minimum Gasteiger partial charge on any atom is -0.493 e. The third-order valence-corrected chi connectivity index (χ3v) is 2.83. The van der Waals surface area contributed by atoms with E-state index in [0.717, 1.165) is 0 Å². The van der Waals surface area contributed by atoms with Gasteiger partial charge in [-0.05, 0) is 12.1 Å². The molecule has 7 nitrogen and oxygen atoms in total. The predicted octanol–water partition coefficient (Wildman–Crippen LogP) is 1.87. The number of rotatable bonds is 5. The average molecular weight is 290 g/mol. The highest BCUT2D eigenvalue weighted by atomic mass is 16.5. The van der Waals surface area contributed by atoms with Crippen LogP contribution >= 0.6 is 0 Å². The lowest BCUT2D eigenvalue weighted by atomic mass is 10.1. The first-order chi connectivity index (χ1) is 10.1. The Morgan fingerprint density at radius 3 is 2.00 bits per heavy atom. The zero-order valence-electron chi connectivity index (χ0n) is 11.8. The van der Waals surface area contributed by atoms with Gasteiger partial charge < -0.3 is 19.3 Å². The summed E-state index contributed by atoms with van der Waals surface area (Å²) < 4.78 is 15.7. The van der Waals surface area contributed by atoms with Crippen LogP contribution in [0.3, 0.4) is 0 Å². The van der Waals surface area contributed by atoms with Crippen LogP contribution in [-0.2, 0) is 0 Å². The van der Waals surface area contributed by atoms with E-state index in [-0.39, 0.29) is 5.69 Å². The summed E-state index contributed by atoms with van der Waals surface area (Å²) in [6.45, 7) is 0. The van der Waals surface area contributed by atoms with Crippen LogP contribution in [0, 0.1) is 0 Å². The number of aromatic nitrogens is 2. The zero-order valence-corrected chi connectivity index (χ0v) is 11.8. The van der Waals surface area contributed by atoms with Crippen LogP contribution in [0.25, 0.3) is 11.3 Å². The molecule has 0 aliphatic rings. The van der Waals surface area contributed by atoms with E-state index in [0.29, 0.717) is 28.5 Å². The van der Waals surface area contributed by atoms with Crippen molar-refractivity contribution in [3.63, 3.8) is 0 Å². The van der Waals surface area contributed by atoms with E-state index in [4.69, 9.17) is 19.3 Å². The number of aromatic carboxylic acids is 1. The highest BCUT2D eigenvalue weighted by molar-refractivity contribution is 5.85. The Balaban J connectivity index is 2.50. The van der Waals surface area contributed by atoms with Gasteiger partial charge in [0.1, 0.15) is 0 Å². The normalized spacial score (nSPS) is 10.0. The maximum Gasteiger partial charge on any atom is 0.356 e. The van der Waals surface area contributed by atoms with Crippen LogP contribution in [0.5, 0.6) is 17.2 Å². The number of benzene rings is 1. The van der Waals surface area contributed by atoms with Gasteiger partial charge in [-0.1, -0.05) is 0 Å². The number of carboxylic acid groups (broad SMARTS) is 1. The molecule has 0 radical (unpaired) electrons. The van der Waals surface area contributed by atoms with Gasteiger partial charge in [0, 0.05) is 5.56 Å². The molecule has 1 N–H and O–H groups in total. The van der Waals surface area contributed by atoms with E-state index in [1.807, 2.05) is 0 Å². The molecule has 0 aliphatic heterocycles. The monoisotopic (exact) mass is 290 g/mol. The fourth-order valence-electron chi connectivity index (χ4n) is 1.82. The molecule has 0 fully saturated rings. The van der Waals surface area contributed by atoms with Crippen molar-refractivity contribution < 1.29 is 24.1 Å². The van der Waals surface area contributed by atoms with Crippen LogP contribution in [0.2, 0.25) is 0 Å². The molecule has 0 bridgehead atoms. The van der Waals surface area contributed by atoms with Gasteiger partial charge in [-0.2, -0.15) is 0 Å². The number of hydrogen-bond acceptors (Lipinski definition) is 6. The predicted molar refractivity (Wildman–Crippen MR) is 74.1 cm³/mol. The van der Waals surface area contributed by atoms with Gasteiger partial charge in [-0.25, -0.2) is 9.78 Å². The number of hydrogen-bond donors (Lipinski definition) is 1. The third kappa shape index (κ3) is 2.86. The van der Waals surface area contributed by atoms with Crippen LogP contribution < -0.4 is 14.2 Å². The fourth-order valence-corrected chi connectivity index (χ4v) is 1.82. The smallest absolute Gasteiger partial charge is 0.356 e. The number of nitrogens with zero attached hydrogens (tertiary/aromatic N) is 2. The number of carboxylic acids is 1. The number of methoxy groups -OCH3 is 3. The lowest BCUT2D eigenvalue weighted by molar-refractivity contribution is 0.0690. The Morgan fingerprint density at radius 1 is 1.00 bits per heavy atom. The molecule has 0 saturated carbocycles. The van der Waals surface area contributed by atoms with Crippen LogP contribution in [0.15, 0.2) is 24.5 Å². The maximum atomic E-state index is 10.8. The Labute approximate surface area is 121 Å². The zero-order chi connectivity index (χ0) is 15.4. The maximum absolute atomic E-state index is 10.8. The molecule has 7 heteroatoms. The lowest BCUT2D eigenvalue weighted by Gasteiger charge is -2.13. The highest BCUT2D eigenvalue weighted by Crippen LogP contribution is 2.40. The summed E-state index contributed by atoms with van der Waals surface area (Å²) in [5.74, 6) is 0.310. The Hall–Kier alpha value is -2.83. The van der Waals surface area contributed by atoms with E-state index >= 15 is 0 Å². The van der Waals surface area contributed by atoms with E-state index in [1.54, 1.807) is 12.1 Å². The van der Waals surface area contributed by atoms with Crippen LogP contribution in [-0.4, -0.2) is 42.4 Å². The minimum absolute atomic E-state index is 0.119. The molecule has 0 atom stereocenters. The van der Waals surface area contributed by atoms with Crippen molar-refractivity contribution in [1.29, 1.82) is 0 Å². The van der Waals surface area contributed by atoms with E-state index in [2.05, 4.69) is 9.97 Å².